The zero-order chi connectivity index (χ0) is 16.7. The minimum absolute atomic E-state index is 0.114. The van der Waals surface area contributed by atoms with Crippen molar-refractivity contribution in [3.8, 4) is 0 Å². The van der Waals surface area contributed by atoms with Gasteiger partial charge in [-0.3, -0.25) is 9.20 Å². The third-order valence-electron chi connectivity index (χ3n) is 4.56. The van der Waals surface area contributed by atoms with Crippen molar-refractivity contribution in [2.45, 2.75) is 25.8 Å². The van der Waals surface area contributed by atoms with E-state index in [9.17, 15) is 9.18 Å². The van der Waals surface area contributed by atoms with E-state index in [4.69, 9.17) is 4.74 Å². The van der Waals surface area contributed by atoms with Gasteiger partial charge in [0.1, 0.15) is 17.2 Å². The highest BCUT2D eigenvalue weighted by Crippen LogP contribution is 2.24. The molecule has 3 heterocycles. The second-order valence-corrected chi connectivity index (χ2v) is 6.22. The predicted octanol–water partition coefficient (Wildman–Crippen LogP) is 2.50. The molecule has 5 nitrogen and oxygen atoms in total. The molecular formula is C18H18FN3O2. The van der Waals surface area contributed by atoms with Crippen molar-refractivity contribution in [3.05, 3.63) is 69.9 Å². The Morgan fingerprint density at radius 1 is 1.42 bits per heavy atom. The van der Waals surface area contributed by atoms with E-state index in [0.717, 1.165) is 30.1 Å². The number of ether oxygens (including phenoxy) is 1. The van der Waals surface area contributed by atoms with Crippen LogP contribution in [0.3, 0.4) is 0 Å². The van der Waals surface area contributed by atoms with Gasteiger partial charge in [-0.15, -0.1) is 0 Å². The molecule has 124 valence electrons. The summed E-state index contributed by atoms with van der Waals surface area (Å²) in [4.78, 5) is 17.3. The summed E-state index contributed by atoms with van der Waals surface area (Å²) in [6.45, 7) is 3.60. The lowest BCUT2D eigenvalue weighted by molar-refractivity contribution is 0.193. The Morgan fingerprint density at radius 3 is 3.04 bits per heavy atom. The number of halogens is 1. The van der Waals surface area contributed by atoms with Crippen molar-refractivity contribution in [1.29, 1.82) is 0 Å². The first-order valence-electron chi connectivity index (χ1n) is 8.03. The second kappa shape index (κ2) is 5.87. The number of imidazole rings is 1. The average Bonchev–Trinajstić information content (AvgIpc) is 3.20. The molecule has 0 N–H and O–H groups in total. The van der Waals surface area contributed by atoms with E-state index in [2.05, 4.69) is 4.98 Å². The van der Waals surface area contributed by atoms with Gasteiger partial charge in [0.25, 0.3) is 5.56 Å². The van der Waals surface area contributed by atoms with Crippen LogP contribution >= 0.6 is 0 Å². The summed E-state index contributed by atoms with van der Waals surface area (Å²) in [5.41, 5.74) is 2.00. The van der Waals surface area contributed by atoms with E-state index in [-0.39, 0.29) is 17.3 Å². The summed E-state index contributed by atoms with van der Waals surface area (Å²) in [5, 5.41) is 0. The molecule has 1 saturated heterocycles. The first kappa shape index (κ1) is 15.1. The van der Waals surface area contributed by atoms with Crippen molar-refractivity contribution in [2.75, 3.05) is 13.2 Å². The average molecular weight is 327 g/mol. The van der Waals surface area contributed by atoms with Crippen LogP contribution in [0.2, 0.25) is 0 Å². The Balaban J connectivity index is 1.79. The fraction of sp³-hybridized carbons (Fsp3) is 0.333. The largest absolute Gasteiger partial charge is 0.381 e. The monoisotopic (exact) mass is 327 g/mol. The normalized spacial score (nSPS) is 17.7. The number of hydrogen-bond acceptors (Lipinski definition) is 3. The lowest BCUT2D eigenvalue weighted by atomic mass is 10.1. The standard InChI is InChI=1S/C18H18FN3O2/c1-12-9-22-16(8-20-17(22)14-5-6-24-11-14)18(23)21(12)10-13-3-2-4-15(19)7-13/h2-4,7-9,14H,5-6,10-11H2,1H3/t14-/m0/s1. The van der Waals surface area contributed by atoms with Gasteiger partial charge < -0.3 is 9.30 Å². The third kappa shape index (κ3) is 2.53. The fourth-order valence-electron chi connectivity index (χ4n) is 3.28. The Hall–Kier alpha value is -2.47. The fourth-order valence-corrected chi connectivity index (χ4v) is 3.28. The van der Waals surface area contributed by atoms with Gasteiger partial charge in [-0.05, 0) is 31.0 Å². The smallest absolute Gasteiger partial charge is 0.276 e. The molecule has 0 saturated carbocycles. The van der Waals surface area contributed by atoms with E-state index >= 15 is 0 Å². The zero-order valence-electron chi connectivity index (χ0n) is 13.4. The maximum Gasteiger partial charge on any atom is 0.276 e. The summed E-state index contributed by atoms with van der Waals surface area (Å²) >= 11 is 0. The summed E-state index contributed by atoms with van der Waals surface area (Å²) in [5.74, 6) is 0.804. The quantitative estimate of drug-likeness (QED) is 0.743. The molecule has 0 aliphatic carbocycles. The molecule has 0 unspecified atom stereocenters. The van der Waals surface area contributed by atoms with E-state index in [0.29, 0.717) is 18.7 Å². The first-order valence-corrected chi connectivity index (χ1v) is 8.03. The highest BCUT2D eigenvalue weighted by molar-refractivity contribution is 5.45. The third-order valence-corrected chi connectivity index (χ3v) is 4.56. The lowest BCUT2D eigenvalue weighted by Gasteiger charge is -2.13. The molecule has 2 aromatic heterocycles. The highest BCUT2D eigenvalue weighted by atomic mass is 19.1. The number of benzene rings is 1. The number of aromatic nitrogens is 3. The van der Waals surface area contributed by atoms with Crippen LogP contribution in [-0.2, 0) is 11.3 Å². The molecule has 0 radical (unpaired) electrons. The molecule has 1 aliphatic rings. The Labute approximate surface area is 138 Å². The Morgan fingerprint density at radius 2 is 2.29 bits per heavy atom. The van der Waals surface area contributed by atoms with Gasteiger partial charge in [0.2, 0.25) is 0 Å². The predicted molar refractivity (Wildman–Crippen MR) is 87.9 cm³/mol. The van der Waals surface area contributed by atoms with Crippen molar-refractivity contribution in [3.63, 3.8) is 0 Å². The molecule has 6 heteroatoms. The lowest BCUT2D eigenvalue weighted by Crippen LogP contribution is -2.25. The SMILES string of the molecule is Cc1cn2c([C@H]3CCOC3)ncc2c(=O)n1Cc1cccc(F)c1. The maximum atomic E-state index is 13.4. The van der Waals surface area contributed by atoms with Crippen molar-refractivity contribution in [1.82, 2.24) is 14.0 Å². The van der Waals surface area contributed by atoms with Crippen LogP contribution in [0.25, 0.3) is 5.52 Å². The van der Waals surface area contributed by atoms with Crippen LogP contribution in [-0.4, -0.2) is 27.2 Å². The van der Waals surface area contributed by atoms with Crippen LogP contribution < -0.4 is 5.56 Å². The maximum absolute atomic E-state index is 13.4. The number of fused-ring (bicyclic) bond motifs is 1. The van der Waals surface area contributed by atoms with Gasteiger partial charge >= 0.3 is 0 Å². The van der Waals surface area contributed by atoms with Crippen molar-refractivity contribution >= 4 is 5.52 Å². The summed E-state index contributed by atoms with van der Waals surface area (Å²) < 4.78 is 22.3. The van der Waals surface area contributed by atoms with E-state index in [1.807, 2.05) is 23.6 Å². The van der Waals surface area contributed by atoms with Crippen LogP contribution in [0.5, 0.6) is 0 Å². The minimum Gasteiger partial charge on any atom is -0.381 e. The van der Waals surface area contributed by atoms with Crippen molar-refractivity contribution in [2.24, 2.45) is 0 Å². The molecule has 0 amide bonds. The van der Waals surface area contributed by atoms with Gasteiger partial charge in [0.05, 0.1) is 19.3 Å². The first-order chi connectivity index (χ1) is 11.6. The van der Waals surface area contributed by atoms with Gasteiger partial charge in [0, 0.05) is 24.4 Å². The number of hydrogen-bond donors (Lipinski definition) is 0. The molecule has 24 heavy (non-hydrogen) atoms. The highest BCUT2D eigenvalue weighted by Gasteiger charge is 2.23. The molecular weight excluding hydrogens is 309 g/mol. The van der Waals surface area contributed by atoms with Crippen molar-refractivity contribution < 1.29 is 9.13 Å². The Kier molecular flexibility index (Phi) is 3.69. The van der Waals surface area contributed by atoms with Gasteiger partial charge in [-0.25, -0.2) is 9.37 Å². The molecule has 1 aliphatic heterocycles. The summed E-state index contributed by atoms with van der Waals surface area (Å²) in [7, 11) is 0. The summed E-state index contributed by atoms with van der Waals surface area (Å²) in [6, 6.07) is 6.32. The molecule has 0 bridgehead atoms. The van der Waals surface area contributed by atoms with Crippen LogP contribution in [0.4, 0.5) is 4.39 Å². The van der Waals surface area contributed by atoms with Crippen LogP contribution in [0.1, 0.15) is 29.4 Å². The number of rotatable bonds is 3. The van der Waals surface area contributed by atoms with E-state index < -0.39 is 0 Å². The molecule has 3 aromatic rings. The molecule has 4 rings (SSSR count). The van der Waals surface area contributed by atoms with Gasteiger partial charge in [-0.2, -0.15) is 0 Å². The molecule has 1 fully saturated rings. The van der Waals surface area contributed by atoms with Crippen LogP contribution in [0.15, 0.2) is 41.5 Å². The Bertz CT molecular complexity index is 955. The van der Waals surface area contributed by atoms with Gasteiger partial charge in [-0.1, -0.05) is 12.1 Å². The minimum atomic E-state index is -0.299. The number of aryl methyl sites for hydroxylation is 1. The van der Waals surface area contributed by atoms with Crippen LogP contribution in [0, 0.1) is 12.7 Å². The topological polar surface area (TPSA) is 48.5 Å². The summed E-state index contributed by atoms with van der Waals surface area (Å²) in [6.07, 6.45) is 4.47. The molecule has 0 spiro atoms. The second-order valence-electron chi connectivity index (χ2n) is 6.22. The zero-order valence-corrected chi connectivity index (χ0v) is 13.4. The van der Waals surface area contributed by atoms with Gasteiger partial charge in [0.15, 0.2) is 0 Å². The number of nitrogens with zero attached hydrogens (tertiary/aromatic N) is 3. The van der Waals surface area contributed by atoms with E-state index in [1.54, 1.807) is 16.8 Å². The molecule has 1 aromatic carbocycles. The van der Waals surface area contributed by atoms with E-state index in [1.165, 1.54) is 12.1 Å². The molecule has 1 atom stereocenters.